The SMILES string of the molecule is COC1CN(C(=O)C(c2ccc(F)cc2F)N2C(=O)C(C3Cc4ccccc4C3)NC(=O)[C@H]2CC(C)C)C1. The van der Waals surface area contributed by atoms with Gasteiger partial charge in [0.25, 0.3) is 0 Å². The van der Waals surface area contributed by atoms with Gasteiger partial charge in [0.1, 0.15) is 29.8 Å². The molecule has 2 heterocycles. The minimum Gasteiger partial charge on any atom is -0.378 e. The zero-order valence-corrected chi connectivity index (χ0v) is 21.8. The minimum atomic E-state index is -1.40. The van der Waals surface area contributed by atoms with E-state index in [1.54, 1.807) is 7.11 Å². The number of rotatable bonds is 7. The highest BCUT2D eigenvalue weighted by Gasteiger charge is 2.51. The Hall–Kier alpha value is -3.33. The average molecular weight is 526 g/mol. The van der Waals surface area contributed by atoms with Gasteiger partial charge in [-0.15, -0.1) is 0 Å². The number of likely N-dealkylation sites (tertiary alicyclic amines) is 1. The molecule has 0 aromatic heterocycles. The zero-order chi connectivity index (χ0) is 27.1. The van der Waals surface area contributed by atoms with E-state index in [1.165, 1.54) is 15.9 Å². The van der Waals surface area contributed by atoms with E-state index >= 15 is 4.39 Å². The fraction of sp³-hybridized carbons (Fsp3) is 0.483. The maximum absolute atomic E-state index is 15.3. The number of nitrogens with one attached hydrogen (secondary N) is 1. The lowest BCUT2D eigenvalue weighted by Crippen LogP contribution is -2.68. The van der Waals surface area contributed by atoms with Gasteiger partial charge in [-0.25, -0.2) is 8.78 Å². The maximum Gasteiger partial charge on any atom is 0.250 e. The van der Waals surface area contributed by atoms with Crippen LogP contribution in [0, 0.1) is 23.5 Å². The van der Waals surface area contributed by atoms with E-state index in [-0.39, 0.29) is 29.4 Å². The molecule has 0 spiro atoms. The Balaban J connectivity index is 1.55. The summed E-state index contributed by atoms with van der Waals surface area (Å²) in [5.74, 6) is -3.18. The second-order valence-electron chi connectivity index (χ2n) is 11.0. The van der Waals surface area contributed by atoms with Crippen LogP contribution in [0.3, 0.4) is 0 Å². The summed E-state index contributed by atoms with van der Waals surface area (Å²) in [5, 5.41) is 2.94. The van der Waals surface area contributed by atoms with E-state index in [0.717, 1.165) is 17.2 Å². The molecule has 3 amide bonds. The normalized spacial score (nSPS) is 22.9. The molecule has 0 radical (unpaired) electrons. The number of hydrogen-bond donors (Lipinski definition) is 1. The second kappa shape index (κ2) is 10.4. The molecule has 9 heteroatoms. The highest BCUT2D eigenvalue weighted by atomic mass is 19.1. The van der Waals surface area contributed by atoms with Crippen LogP contribution in [0.4, 0.5) is 8.78 Å². The van der Waals surface area contributed by atoms with E-state index in [1.807, 2.05) is 38.1 Å². The molecule has 1 N–H and O–H groups in total. The van der Waals surface area contributed by atoms with Gasteiger partial charge in [0.05, 0.1) is 6.10 Å². The fourth-order valence-electron chi connectivity index (χ4n) is 5.94. The minimum absolute atomic E-state index is 0.0176. The van der Waals surface area contributed by atoms with Crippen LogP contribution in [0.25, 0.3) is 0 Å². The summed E-state index contributed by atoms with van der Waals surface area (Å²) in [6.07, 6.45) is 1.36. The first-order chi connectivity index (χ1) is 18.2. The summed E-state index contributed by atoms with van der Waals surface area (Å²) >= 11 is 0. The van der Waals surface area contributed by atoms with Gasteiger partial charge >= 0.3 is 0 Å². The number of fused-ring (bicyclic) bond motifs is 1. The van der Waals surface area contributed by atoms with E-state index < -0.39 is 41.6 Å². The Labute approximate surface area is 221 Å². The third-order valence-corrected chi connectivity index (χ3v) is 7.97. The molecule has 0 bridgehead atoms. The van der Waals surface area contributed by atoms with Crippen LogP contribution in [-0.4, -0.2) is 65.9 Å². The quantitative estimate of drug-likeness (QED) is 0.603. The number of halogens is 2. The number of carbonyl (C=O) groups is 3. The van der Waals surface area contributed by atoms with Gasteiger partial charge in [0.15, 0.2) is 0 Å². The standard InChI is InChI=1S/C29H33F2N3O4/c1-16(2)10-24-27(35)32-25(19-11-17-6-4-5-7-18(17)12-19)28(36)34(24)26(22-9-8-20(30)13-23(22)31)29(37)33-14-21(15-33)38-3/h4-9,13,16,19,21,24-26H,10-12,14-15H2,1-3H3,(H,32,35)/t24-,25?,26?/m1/s1. The van der Waals surface area contributed by atoms with Crippen molar-refractivity contribution < 1.29 is 27.9 Å². The molecule has 2 fully saturated rings. The first-order valence-corrected chi connectivity index (χ1v) is 13.1. The highest BCUT2D eigenvalue weighted by Crippen LogP contribution is 2.37. The number of nitrogens with zero attached hydrogens (tertiary/aromatic N) is 2. The lowest BCUT2D eigenvalue weighted by atomic mass is 9.87. The smallest absolute Gasteiger partial charge is 0.250 e. The predicted molar refractivity (Wildman–Crippen MR) is 136 cm³/mol. The van der Waals surface area contributed by atoms with Crippen molar-refractivity contribution in [3.05, 3.63) is 70.8 Å². The van der Waals surface area contributed by atoms with E-state index in [0.29, 0.717) is 38.4 Å². The number of methoxy groups -OCH3 is 1. The molecule has 3 atom stereocenters. The number of carbonyl (C=O) groups excluding carboxylic acids is 3. The molecule has 3 aliphatic rings. The molecule has 1 aliphatic carbocycles. The molecule has 5 rings (SSSR count). The van der Waals surface area contributed by atoms with Gasteiger partial charge in [0.2, 0.25) is 17.7 Å². The van der Waals surface area contributed by atoms with Gasteiger partial charge in [-0.3, -0.25) is 14.4 Å². The summed E-state index contributed by atoms with van der Waals surface area (Å²) in [6, 6.07) is 7.67. The largest absolute Gasteiger partial charge is 0.378 e. The Morgan fingerprint density at radius 1 is 1.08 bits per heavy atom. The van der Waals surface area contributed by atoms with Crippen molar-refractivity contribution in [3.8, 4) is 0 Å². The average Bonchev–Trinajstić information content (AvgIpc) is 3.27. The molecule has 2 aromatic carbocycles. The van der Waals surface area contributed by atoms with E-state index in [4.69, 9.17) is 4.74 Å². The maximum atomic E-state index is 15.3. The van der Waals surface area contributed by atoms with Crippen LogP contribution in [0.2, 0.25) is 0 Å². The molecule has 2 aromatic rings. The number of amides is 3. The summed E-state index contributed by atoms with van der Waals surface area (Å²) in [7, 11) is 1.55. The summed E-state index contributed by atoms with van der Waals surface area (Å²) < 4.78 is 34.4. The molecule has 2 unspecified atom stereocenters. The van der Waals surface area contributed by atoms with Gasteiger partial charge in [-0.05, 0) is 48.3 Å². The first kappa shape index (κ1) is 26.3. The highest BCUT2D eigenvalue weighted by molar-refractivity contribution is 6.00. The number of piperazine rings is 1. The van der Waals surface area contributed by atoms with Gasteiger partial charge in [0, 0.05) is 31.8 Å². The second-order valence-corrected chi connectivity index (χ2v) is 11.0. The Kier molecular flexibility index (Phi) is 7.22. The Bertz CT molecular complexity index is 1220. The van der Waals surface area contributed by atoms with Crippen molar-refractivity contribution in [1.82, 2.24) is 15.1 Å². The third kappa shape index (κ3) is 4.79. The van der Waals surface area contributed by atoms with Crippen LogP contribution in [0.15, 0.2) is 42.5 Å². The lowest BCUT2D eigenvalue weighted by molar-refractivity contribution is -0.164. The molecular weight excluding hydrogens is 492 g/mol. The van der Waals surface area contributed by atoms with E-state index in [2.05, 4.69) is 5.32 Å². The van der Waals surface area contributed by atoms with Crippen molar-refractivity contribution in [2.45, 2.75) is 57.3 Å². The molecule has 0 saturated carbocycles. The lowest BCUT2D eigenvalue weighted by Gasteiger charge is -2.47. The van der Waals surface area contributed by atoms with Crippen LogP contribution >= 0.6 is 0 Å². The third-order valence-electron chi connectivity index (χ3n) is 7.97. The number of ether oxygens (including phenoxy) is 1. The van der Waals surface area contributed by atoms with Gasteiger partial charge in [-0.1, -0.05) is 44.2 Å². The molecule has 2 aliphatic heterocycles. The Morgan fingerprint density at radius 3 is 2.32 bits per heavy atom. The van der Waals surface area contributed by atoms with Crippen molar-refractivity contribution in [2.24, 2.45) is 11.8 Å². The van der Waals surface area contributed by atoms with Gasteiger partial charge in [-0.2, -0.15) is 0 Å². The monoisotopic (exact) mass is 525 g/mol. The van der Waals surface area contributed by atoms with E-state index in [9.17, 15) is 18.8 Å². The van der Waals surface area contributed by atoms with Crippen molar-refractivity contribution >= 4 is 17.7 Å². The van der Waals surface area contributed by atoms with Crippen LogP contribution in [-0.2, 0) is 32.0 Å². The van der Waals surface area contributed by atoms with Crippen molar-refractivity contribution in [2.75, 3.05) is 20.2 Å². The molecule has 202 valence electrons. The zero-order valence-electron chi connectivity index (χ0n) is 21.8. The van der Waals surface area contributed by atoms with Crippen LogP contribution in [0.5, 0.6) is 0 Å². The fourth-order valence-corrected chi connectivity index (χ4v) is 5.94. The number of benzene rings is 2. The Morgan fingerprint density at radius 2 is 1.74 bits per heavy atom. The molecule has 38 heavy (non-hydrogen) atoms. The predicted octanol–water partition coefficient (Wildman–Crippen LogP) is 3.02. The number of hydrogen-bond acceptors (Lipinski definition) is 4. The topological polar surface area (TPSA) is 79.0 Å². The van der Waals surface area contributed by atoms with Crippen molar-refractivity contribution in [3.63, 3.8) is 0 Å². The summed E-state index contributed by atoms with van der Waals surface area (Å²) in [4.78, 5) is 44.5. The molecular formula is C29H33F2N3O4. The van der Waals surface area contributed by atoms with Crippen molar-refractivity contribution in [1.29, 1.82) is 0 Å². The summed E-state index contributed by atoms with van der Waals surface area (Å²) in [6.45, 7) is 4.42. The summed E-state index contributed by atoms with van der Waals surface area (Å²) in [5.41, 5.74) is 2.13. The molecule has 7 nitrogen and oxygen atoms in total. The van der Waals surface area contributed by atoms with Crippen LogP contribution < -0.4 is 5.32 Å². The van der Waals surface area contributed by atoms with Gasteiger partial charge < -0.3 is 19.9 Å². The molecule has 2 saturated heterocycles. The van der Waals surface area contributed by atoms with Crippen LogP contribution in [0.1, 0.15) is 43.0 Å². The first-order valence-electron chi connectivity index (χ1n) is 13.1.